The van der Waals surface area contributed by atoms with Gasteiger partial charge in [-0.25, -0.2) is 0 Å². The molecule has 0 amide bonds. The summed E-state index contributed by atoms with van der Waals surface area (Å²) in [4.78, 5) is 0. The number of aromatic nitrogens is 1. The zero-order chi connectivity index (χ0) is 21.8. The Balaban J connectivity index is 1.63. The van der Waals surface area contributed by atoms with E-state index in [1.165, 1.54) is 18.2 Å². The van der Waals surface area contributed by atoms with Gasteiger partial charge in [0.1, 0.15) is 5.75 Å². The van der Waals surface area contributed by atoms with Crippen molar-refractivity contribution in [3.05, 3.63) is 84.9 Å². The van der Waals surface area contributed by atoms with Crippen LogP contribution in [0.4, 0.5) is 13.2 Å². The maximum absolute atomic E-state index is 12.6. The van der Waals surface area contributed by atoms with Crippen LogP contribution in [-0.4, -0.2) is 18.5 Å². The number of alkyl halides is 3. The lowest BCUT2D eigenvalue weighted by Gasteiger charge is -2.11. The summed E-state index contributed by atoms with van der Waals surface area (Å²) in [5.41, 5.74) is -2.55. The average Bonchev–Trinajstić information content (AvgIpc) is 3.07. The fourth-order valence-corrected chi connectivity index (χ4v) is 4.23. The molecule has 4 aromatic carbocycles. The molecule has 156 valence electrons. The molecule has 5 rings (SSSR count). The minimum atomic E-state index is -5.72. The molecule has 4 nitrogen and oxygen atoms in total. The van der Waals surface area contributed by atoms with E-state index >= 15 is 0 Å². The average molecular weight is 441 g/mol. The summed E-state index contributed by atoms with van der Waals surface area (Å²) in [6.45, 7) is 0. The van der Waals surface area contributed by atoms with Crippen molar-refractivity contribution in [1.82, 2.24) is 4.57 Å². The number of rotatable bonds is 3. The van der Waals surface area contributed by atoms with Crippen LogP contribution in [-0.2, 0) is 10.1 Å². The van der Waals surface area contributed by atoms with Crippen molar-refractivity contribution in [2.24, 2.45) is 0 Å². The molecule has 5 aromatic rings. The van der Waals surface area contributed by atoms with Crippen LogP contribution >= 0.6 is 0 Å². The minimum Gasteiger partial charge on any atom is -0.376 e. The summed E-state index contributed by atoms with van der Waals surface area (Å²) in [5.74, 6) is -0.394. The molecular formula is C23H14F3NO3S. The van der Waals surface area contributed by atoms with Crippen molar-refractivity contribution in [3.63, 3.8) is 0 Å². The van der Waals surface area contributed by atoms with E-state index in [4.69, 9.17) is 0 Å². The number of benzene rings is 4. The van der Waals surface area contributed by atoms with E-state index in [2.05, 4.69) is 20.9 Å². The predicted molar refractivity (Wildman–Crippen MR) is 114 cm³/mol. The quantitative estimate of drug-likeness (QED) is 0.249. The predicted octanol–water partition coefficient (Wildman–Crippen LogP) is 6.17. The van der Waals surface area contributed by atoms with E-state index in [9.17, 15) is 21.6 Å². The summed E-state index contributed by atoms with van der Waals surface area (Å²) in [7, 11) is -5.72. The van der Waals surface area contributed by atoms with E-state index in [1.54, 1.807) is 6.07 Å². The van der Waals surface area contributed by atoms with Gasteiger partial charge >= 0.3 is 15.6 Å². The van der Waals surface area contributed by atoms with Gasteiger partial charge < -0.3 is 8.75 Å². The molecule has 1 aromatic heterocycles. The maximum atomic E-state index is 12.6. The second-order valence-corrected chi connectivity index (χ2v) is 8.58. The number of hydrogen-bond donors (Lipinski definition) is 0. The topological polar surface area (TPSA) is 48.3 Å². The molecule has 0 bridgehead atoms. The Kier molecular flexibility index (Phi) is 4.23. The van der Waals surface area contributed by atoms with Gasteiger partial charge in [0.25, 0.3) is 0 Å². The van der Waals surface area contributed by atoms with Crippen molar-refractivity contribution in [2.45, 2.75) is 5.51 Å². The lowest BCUT2D eigenvalue weighted by Crippen LogP contribution is -2.28. The van der Waals surface area contributed by atoms with Gasteiger partial charge in [-0.1, -0.05) is 48.5 Å². The summed E-state index contributed by atoms with van der Waals surface area (Å²) in [6.07, 6.45) is 0. The van der Waals surface area contributed by atoms with Crippen molar-refractivity contribution >= 4 is 42.7 Å². The van der Waals surface area contributed by atoms with Crippen molar-refractivity contribution in [1.29, 1.82) is 0 Å². The maximum Gasteiger partial charge on any atom is 0.534 e. The highest BCUT2D eigenvalue weighted by Gasteiger charge is 2.48. The molecular weight excluding hydrogens is 427 g/mol. The minimum absolute atomic E-state index is 0.394. The first-order valence-corrected chi connectivity index (χ1v) is 10.7. The number of halogens is 3. The van der Waals surface area contributed by atoms with Crippen LogP contribution in [0.15, 0.2) is 84.9 Å². The van der Waals surface area contributed by atoms with E-state index in [-0.39, 0.29) is 0 Å². The van der Waals surface area contributed by atoms with E-state index in [1.807, 2.05) is 48.5 Å². The van der Waals surface area contributed by atoms with Gasteiger partial charge in [0, 0.05) is 16.5 Å². The molecule has 0 saturated carbocycles. The lowest BCUT2D eigenvalue weighted by atomic mass is 10.1. The second-order valence-electron chi connectivity index (χ2n) is 7.05. The third kappa shape index (κ3) is 3.19. The highest BCUT2D eigenvalue weighted by Crippen LogP contribution is 2.34. The zero-order valence-electron chi connectivity index (χ0n) is 15.8. The molecule has 0 fully saturated rings. The molecule has 0 unspecified atom stereocenters. The summed E-state index contributed by atoms with van der Waals surface area (Å²) >= 11 is 0. The van der Waals surface area contributed by atoms with Gasteiger partial charge in [-0.3, -0.25) is 0 Å². The highest BCUT2D eigenvalue weighted by molar-refractivity contribution is 7.88. The molecule has 8 heteroatoms. The first kappa shape index (κ1) is 19.4. The van der Waals surface area contributed by atoms with Crippen LogP contribution in [0.1, 0.15) is 0 Å². The fourth-order valence-electron chi connectivity index (χ4n) is 3.78. The zero-order valence-corrected chi connectivity index (χ0v) is 16.6. The molecule has 0 aliphatic rings. The van der Waals surface area contributed by atoms with Crippen LogP contribution in [0.5, 0.6) is 5.75 Å². The van der Waals surface area contributed by atoms with Crippen molar-refractivity contribution in [2.75, 3.05) is 0 Å². The number of fused-ring (bicyclic) bond motifs is 4. The molecule has 0 spiro atoms. The normalized spacial score (nSPS) is 12.6. The third-order valence-electron chi connectivity index (χ3n) is 5.12. The molecule has 0 aliphatic carbocycles. The monoisotopic (exact) mass is 441 g/mol. The van der Waals surface area contributed by atoms with E-state index in [0.717, 1.165) is 32.9 Å². The van der Waals surface area contributed by atoms with Crippen LogP contribution < -0.4 is 4.18 Å². The smallest absolute Gasteiger partial charge is 0.376 e. The standard InChI is InChI=1S/C23H14F3NO3S/c24-23(25,26)31(28,29)30-18-12-10-15-13-17(11-9-16(15)14-18)27-21-7-3-1-5-19(21)20-6-2-4-8-22(20)27/h1-14H. The van der Waals surface area contributed by atoms with Gasteiger partial charge in [0.2, 0.25) is 0 Å². The summed E-state index contributed by atoms with van der Waals surface area (Å²) in [6, 6.07) is 25.5. The van der Waals surface area contributed by atoms with Gasteiger partial charge in [-0.05, 0) is 47.2 Å². The van der Waals surface area contributed by atoms with Gasteiger partial charge in [0.05, 0.1) is 11.0 Å². The van der Waals surface area contributed by atoms with Crippen LogP contribution in [0.2, 0.25) is 0 Å². The van der Waals surface area contributed by atoms with Gasteiger partial charge in [-0.15, -0.1) is 0 Å². The van der Waals surface area contributed by atoms with Crippen LogP contribution in [0.25, 0.3) is 38.3 Å². The Hall–Kier alpha value is -3.52. The molecule has 0 radical (unpaired) electrons. The summed E-state index contributed by atoms with van der Waals surface area (Å²) < 4.78 is 66.6. The molecule has 1 heterocycles. The Morgan fingerprint density at radius 3 is 1.87 bits per heavy atom. The number of para-hydroxylation sites is 2. The Labute approximate surface area is 175 Å². The Bertz CT molecular complexity index is 1520. The summed E-state index contributed by atoms with van der Waals surface area (Å²) in [5, 5.41) is 3.51. The third-order valence-corrected chi connectivity index (χ3v) is 6.10. The Morgan fingerprint density at radius 2 is 1.26 bits per heavy atom. The number of nitrogens with zero attached hydrogens (tertiary/aromatic N) is 1. The Morgan fingerprint density at radius 1 is 0.710 bits per heavy atom. The second kappa shape index (κ2) is 6.75. The number of hydrogen-bond acceptors (Lipinski definition) is 3. The molecule has 0 aliphatic heterocycles. The van der Waals surface area contributed by atoms with Crippen LogP contribution in [0.3, 0.4) is 0 Å². The molecule has 0 saturated heterocycles. The lowest BCUT2D eigenvalue weighted by molar-refractivity contribution is -0.0500. The van der Waals surface area contributed by atoms with Crippen molar-refractivity contribution in [3.8, 4) is 11.4 Å². The molecule has 31 heavy (non-hydrogen) atoms. The SMILES string of the molecule is O=S(=O)(Oc1ccc2cc(-n3c4ccccc4c4ccccc43)ccc2c1)C(F)(F)F. The first-order chi connectivity index (χ1) is 14.7. The van der Waals surface area contributed by atoms with Crippen LogP contribution in [0, 0.1) is 0 Å². The largest absolute Gasteiger partial charge is 0.534 e. The first-order valence-electron chi connectivity index (χ1n) is 9.28. The van der Waals surface area contributed by atoms with Crippen molar-refractivity contribution < 1.29 is 25.8 Å². The highest BCUT2D eigenvalue weighted by atomic mass is 32.2. The van der Waals surface area contributed by atoms with E-state index in [0.29, 0.717) is 5.39 Å². The molecule has 0 atom stereocenters. The van der Waals surface area contributed by atoms with Gasteiger partial charge in [0.15, 0.2) is 0 Å². The fraction of sp³-hybridized carbons (Fsp3) is 0.0435. The van der Waals surface area contributed by atoms with Gasteiger partial charge in [-0.2, -0.15) is 21.6 Å². The molecule has 0 N–H and O–H groups in total. The van der Waals surface area contributed by atoms with E-state index < -0.39 is 21.4 Å².